The fraction of sp³-hybridized carbons (Fsp3) is 0.0714. The van der Waals surface area contributed by atoms with Crippen molar-refractivity contribution in [3.05, 3.63) is 53.1 Å². The Labute approximate surface area is 131 Å². The van der Waals surface area contributed by atoms with Crippen LogP contribution in [0.25, 0.3) is 0 Å². The van der Waals surface area contributed by atoms with Crippen LogP contribution in [0, 0.1) is 0 Å². The third-order valence-electron chi connectivity index (χ3n) is 2.63. The lowest BCUT2D eigenvalue weighted by molar-refractivity contribution is 0.0692. The highest BCUT2D eigenvalue weighted by molar-refractivity contribution is 8.00. The fourth-order valence-electron chi connectivity index (χ4n) is 1.78. The Morgan fingerprint density at radius 3 is 2.29 bits per heavy atom. The normalized spacial score (nSPS) is 11.3. The second kappa shape index (κ2) is 6.09. The molecule has 0 atom stereocenters. The molecule has 0 fully saturated rings. The Hall–Kier alpha value is -1.50. The van der Waals surface area contributed by atoms with Gasteiger partial charge in [-0.1, -0.05) is 41.6 Å². The van der Waals surface area contributed by atoms with Crippen molar-refractivity contribution < 1.29 is 18.3 Å². The smallest absolute Gasteiger partial charge is 0.337 e. The van der Waals surface area contributed by atoms with Crippen LogP contribution < -0.4 is 0 Å². The van der Waals surface area contributed by atoms with E-state index in [0.717, 1.165) is 22.9 Å². The predicted octanol–water partition coefficient (Wildman–Crippen LogP) is 3.59. The number of halogens is 1. The van der Waals surface area contributed by atoms with Crippen molar-refractivity contribution in [1.29, 1.82) is 0 Å². The molecule has 2 rings (SSSR count). The SMILES string of the molecule is CS(=O)(=O)c1c(C(=O)O)ccc(Cl)c1Sc1ccccc1. The maximum absolute atomic E-state index is 12.0. The molecule has 4 nitrogen and oxygen atoms in total. The van der Waals surface area contributed by atoms with Crippen LogP contribution >= 0.6 is 23.4 Å². The molecule has 0 bridgehead atoms. The molecule has 2 aromatic carbocycles. The van der Waals surface area contributed by atoms with Crippen molar-refractivity contribution in [2.24, 2.45) is 0 Å². The predicted molar refractivity (Wildman–Crippen MR) is 82.1 cm³/mol. The van der Waals surface area contributed by atoms with Gasteiger partial charge < -0.3 is 5.11 Å². The molecular formula is C14H11ClO4S2. The van der Waals surface area contributed by atoms with Crippen molar-refractivity contribution in [3.63, 3.8) is 0 Å². The second-order valence-electron chi connectivity index (χ2n) is 4.25. The largest absolute Gasteiger partial charge is 0.478 e. The summed E-state index contributed by atoms with van der Waals surface area (Å²) in [6, 6.07) is 11.6. The third-order valence-corrected chi connectivity index (χ3v) is 5.49. The summed E-state index contributed by atoms with van der Waals surface area (Å²) in [5.41, 5.74) is -0.277. The minimum absolute atomic E-state index is 0.203. The van der Waals surface area contributed by atoms with E-state index in [2.05, 4.69) is 0 Å². The summed E-state index contributed by atoms with van der Waals surface area (Å²) in [6.45, 7) is 0. The van der Waals surface area contributed by atoms with Crippen molar-refractivity contribution in [1.82, 2.24) is 0 Å². The number of aromatic carboxylic acids is 1. The van der Waals surface area contributed by atoms with Gasteiger partial charge in [0.2, 0.25) is 0 Å². The molecule has 1 N–H and O–H groups in total. The summed E-state index contributed by atoms with van der Waals surface area (Å²) in [4.78, 5) is 12.0. The Morgan fingerprint density at radius 1 is 1.14 bits per heavy atom. The first-order valence-corrected chi connectivity index (χ1v) is 8.88. The van der Waals surface area contributed by atoms with E-state index in [0.29, 0.717) is 0 Å². The molecule has 0 aliphatic rings. The number of carbonyl (C=O) groups is 1. The molecule has 0 heterocycles. The van der Waals surface area contributed by atoms with Crippen LogP contribution in [0.15, 0.2) is 57.2 Å². The highest BCUT2D eigenvalue weighted by Crippen LogP contribution is 2.39. The molecule has 110 valence electrons. The first kappa shape index (κ1) is 15.9. The van der Waals surface area contributed by atoms with Gasteiger partial charge in [0.05, 0.1) is 20.4 Å². The maximum Gasteiger partial charge on any atom is 0.337 e. The summed E-state index contributed by atoms with van der Waals surface area (Å²) in [5.74, 6) is -1.30. The van der Waals surface area contributed by atoms with Gasteiger partial charge in [-0.25, -0.2) is 13.2 Å². The minimum Gasteiger partial charge on any atom is -0.478 e. The average molecular weight is 343 g/mol. The van der Waals surface area contributed by atoms with Crippen molar-refractivity contribution in [2.75, 3.05) is 6.26 Å². The summed E-state index contributed by atoms with van der Waals surface area (Å²) in [7, 11) is -3.74. The highest BCUT2D eigenvalue weighted by atomic mass is 35.5. The van der Waals surface area contributed by atoms with Gasteiger partial charge in [0.25, 0.3) is 0 Å². The maximum atomic E-state index is 12.0. The minimum atomic E-state index is -3.74. The molecular weight excluding hydrogens is 332 g/mol. The fourth-order valence-corrected chi connectivity index (χ4v) is 4.58. The zero-order valence-corrected chi connectivity index (χ0v) is 13.3. The molecule has 21 heavy (non-hydrogen) atoms. The van der Waals surface area contributed by atoms with Crippen LogP contribution in [0.4, 0.5) is 0 Å². The number of hydrogen-bond donors (Lipinski definition) is 1. The summed E-state index contributed by atoms with van der Waals surface area (Å²) in [5, 5.41) is 9.40. The first-order valence-electron chi connectivity index (χ1n) is 5.79. The van der Waals surface area contributed by atoms with Crippen molar-refractivity contribution in [3.8, 4) is 0 Å². The number of sulfone groups is 1. The van der Waals surface area contributed by atoms with Gasteiger partial charge in [0.1, 0.15) is 0 Å². The van der Waals surface area contributed by atoms with E-state index in [4.69, 9.17) is 11.6 Å². The number of rotatable bonds is 4. The Morgan fingerprint density at radius 2 is 1.76 bits per heavy atom. The van der Waals surface area contributed by atoms with E-state index in [1.54, 1.807) is 24.3 Å². The number of carboxylic acids is 1. The molecule has 0 aliphatic heterocycles. The van der Waals surface area contributed by atoms with Crippen LogP contribution in [0.2, 0.25) is 5.02 Å². The molecule has 0 saturated carbocycles. The monoisotopic (exact) mass is 342 g/mol. The molecule has 0 amide bonds. The van der Waals surface area contributed by atoms with Crippen LogP contribution in [0.5, 0.6) is 0 Å². The molecule has 0 saturated heterocycles. The van der Waals surface area contributed by atoms with Crippen LogP contribution in [-0.2, 0) is 9.84 Å². The summed E-state index contributed by atoms with van der Waals surface area (Å²) >= 11 is 7.21. The number of benzene rings is 2. The van der Waals surface area contributed by atoms with Crippen molar-refractivity contribution >= 4 is 39.2 Å². The molecule has 7 heteroatoms. The van der Waals surface area contributed by atoms with Gasteiger partial charge in [-0.15, -0.1) is 0 Å². The van der Waals surface area contributed by atoms with Gasteiger partial charge >= 0.3 is 5.97 Å². The van der Waals surface area contributed by atoms with E-state index in [1.807, 2.05) is 6.07 Å². The molecule has 0 aromatic heterocycles. The summed E-state index contributed by atoms with van der Waals surface area (Å²) < 4.78 is 24.0. The van der Waals surface area contributed by atoms with Gasteiger partial charge in [0.15, 0.2) is 9.84 Å². The van der Waals surface area contributed by atoms with E-state index >= 15 is 0 Å². The second-order valence-corrected chi connectivity index (χ2v) is 7.69. The number of carboxylic acid groups (broad SMARTS) is 1. The topological polar surface area (TPSA) is 71.4 Å². The zero-order valence-electron chi connectivity index (χ0n) is 10.9. The van der Waals surface area contributed by atoms with E-state index in [9.17, 15) is 18.3 Å². The Kier molecular flexibility index (Phi) is 4.61. The standard InChI is InChI=1S/C14H11ClO4S2/c1-21(18,19)13-10(14(16)17)7-8-11(15)12(13)20-9-5-3-2-4-6-9/h2-8H,1H3,(H,16,17). The van der Waals surface area contributed by atoms with E-state index < -0.39 is 15.8 Å². The average Bonchev–Trinajstić information content (AvgIpc) is 2.40. The van der Waals surface area contributed by atoms with Gasteiger partial charge in [-0.3, -0.25) is 0 Å². The molecule has 0 spiro atoms. The first-order chi connectivity index (χ1) is 9.80. The summed E-state index contributed by atoms with van der Waals surface area (Å²) in [6.07, 6.45) is 0.972. The third kappa shape index (κ3) is 3.58. The van der Waals surface area contributed by atoms with Gasteiger partial charge in [-0.2, -0.15) is 0 Å². The lowest BCUT2D eigenvalue weighted by Gasteiger charge is -2.12. The van der Waals surface area contributed by atoms with Gasteiger partial charge in [-0.05, 0) is 24.3 Å². The Balaban J connectivity index is 2.69. The molecule has 0 aliphatic carbocycles. The van der Waals surface area contributed by atoms with Crippen LogP contribution in [0.3, 0.4) is 0 Å². The lowest BCUT2D eigenvalue weighted by atomic mass is 10.2. The highest BCUT2D eigenvalue weighted by Gasteiger charge is 2.25. The van der Waals surface area contributed by atoms with E-state index in [1.165, 1.54) is 12.1 Å². The lowest BCUT2D eigenvalue weighted by Crippen LogP contribution is -2.09. The molecule has 0 radical (unpaired) electrons. The quantitative estimate of drug-likeness (QED) is 0.919. The Bertz CT molecular complexity index is 786. The zero-order chi connectivity index (χ0) is 15.6. The molecule has 0 unspecified atom stereocenters. The van der Waals surface area contributed by atoms with E-state index in [-0.39, 0.29) is 20.4 Å². The van der Waals surface area contributed by atoms with Crippen LogP contribution in [0.1, 0.15) is 10.4 Å². The molecule has 2 aromatic rings. The van der Waals surface area contributed by atoms with Crippen LogP contribution in [-0.4, -0.2) is 25.7 Å². The van der Waals surface area contributed by atoms with Crippen molar-refractivity contribution in [2.45, 2.75) is 14.7 Å². The van der Waals surface area contributed by atoms with Gasteiger partial charge in [0, 0.05) is 11.2 Å². The number of hydrogen-bond acceptors (Lipinski definition) is 4.